The number of hydrogen-bond donors (Lipinski definition) is 2. The number of amides is 2. The third kappa shape index (κ3) is 7.60. The summed E-state index contributed by atoms with van der Waals surface area (Å²) in [5.74, 6) is -0.0459. The number of carbonyl (C=O) groups excluding carboxylic acids is 3. The number of fused-ring (bicyclic) bond motifs is 1. The molecule has 37 heavy (non-hydrogen) atoms. The Morgan fingerprint density at radius 2 is 1.76 bits per heavy atom. The van der Waals surface area contributed by atoms with Crippen LogP contribution in [-0.4, -0.2) is 36.8 Å². The van der Waals surface area contributed by atoms with E-state index in [1.54, 1.807) is 25.1 Å². The lowest BCUT2D eigenvalue weighted by Crippen LogP contribution is -2.20. The topological polar surface area (TPSA) is 93.7 Å². The van der Waals surface area contributed by atoms with E-state index in [-0.39, 0.29) is 36.8 Å². The number of thioether (sulfide) groups is 1. The molecular weight excluding hydrogens is 508 g/mol. The van der Waals surface area contributed by atoms with Crippen LogP contribution in [0.2, 0.25) is 0 Å². The summed E-state index contributed by atoms with van der Waals surface area (Å²) in [6.45, 7) is 1.97. The molecule has 2 aromatic carbocycles. The zero-order valence-corrected chi connectivity index (χ0v) is 22.3. The summed E-state index contributed by atoms with van der Waals surface area (Å²) in [5, 5.41) is 6.34. The number of ether oxygens (including phenoxy) is 2. The molecule has 0 spiro atoms. The fraction of sp³-hybridized carbons (Fsp3) is 0.321. The number of anilines is 2. The molecule has 4 rings (SSSR count). The minimum absolute atomic E-state index is 0.0998. The second-order valence-electron chi connectivity index (χ2n) is 8.50. The Hall–Kier alpha value is -3.30. The number of para-hydroxylation sites is 1. The third-order valence-electron chi connectivity index (χ3n) is 5.75. The van der Waals surface area contributed by atoms with Gasteiger partial charge in [0.1, 0.15) is 10.8 Å². The van der Waals surface area contributed by atoms with Crippen LogP contribution < -0.4 is 15.4 Å². The first-order valence-electron chi connectivity index (χ1n) is 12.4. The Morgan fingerprint density at radius 1 is 0.946 bits per heavy atom. The van der Waals surface area contributed by atoms with Gasteiger partial charge in [-0.15, -0.1) is 23.1 Å². The summed E-state index contributed by atoms with van der Waals surface area (Å²) in [5.41, 5.74) is 2.17. The van der Waals surface area contributed by atoms with Crippen LogP contribution in [0.15, 0.2) is 59.5 Å². The maximum Gasteiger partial charge on any atom is 0.341 e. The van der Waals surface area contributed by atoms with Crippen molar-refractivity contribution >= 4 is 51.6 Å². The molecule has 194 valence electrons. The molecule has 0 saturated carbocycles. The lowest BCUT2D eigenvalue weighted by Gasteiger charge is -2.10. The van der Waals surface area contributed by atoms with E-state index in [1.165, 1.54) is 28.0 Å². The molecular formula is C28H30N2O5S2. The first-order chi connectivity index (χ1) is 18.0. The summed E-state index contributed by atoms with van der Waals surface area (Å²) in [4.78, 5) is 39.8. The smallest absolute Gasteiger partial charge is 0.341 e. The molecule has 1 aromatic heterocycles. The van der Waals surface area contributed by atoms with Crippen LogP contribution in [-0.2, 0) is 27.2 Å². The van der Waals surface area contributed by atoms with Crippen LogP contribution in [0.1, 0.15) is 47.0 Å². The van der Waals surface area contributed by atoms with Gasteiger partial charge in [-0.3, -0.25) is 9.59 Å². The van der Waals surface area contributed by atoms with Gasteiger partial charge in [0, 0.05) is 15.5 Å². The van der Waals surface area contributed by atoms with E-state index in [9.17, 15) is 14.4 Å². The average Bonchev–Trinajstić information content (AvgIpc) is 3.07. The van der Waals surface area contributed by atoms with Gasteiger partial charge < -0.3 is 20.1 Å². The third-order valence-corrected chi connectivity index (χ3v) is 7.96. The summed E-state index contributed by atoms with van der Waals surface area (Å²) in [6, 6.07) is 16.4. The molecule has 2 N–H and O–H groups in total. The van der Waals surface area contributed by atoms with Crippen LogP contribution in [0.3, 0.4) is 0 Å². The lowest BCUT2D eigenvalue weighted by atomic mass is 10.1. The Bertz CT molecular complexity index is 1240. The van der Waals surface area contributed by atoms with Crippen molar-refractivity contribution in [1.82, 2.24) is 0 Å². The molecule has 9 heteroatoms. The number of esters is 1. The molecule has 0 radical (unpaired) electrons. The minimum atomic E-state index is -0.371. The first-order valence-corrected chi connectivity index (χ1v) is 14.2. The molecule has 0 bridgehead atoms. The molecule has 0 unspecified atom stereocenters. The Morgan fingerprint density at radius 3 is 2.57 bits per heavy atom. The first kappa shape index (κ1) is 26.8. The predicted octanol–water partition coefficient (Wildman–Crippen LogP) is 5.94. The van der Waals surface area contributed by atoms with Crippen LogP contribution >= 0.6 is 23.1 Å². The van der Waals surface area contributed by atoms with Crippen LogP contribution in [0.25, 0.3) is 0 Å². The number of rotatable bonds is 10. The van der Waals surface area contributed by atoms with E-state index in [2.05, 4.69) is 10.6 Å². The number of hydrogen-bond acceptors (Lipinski definition) is 7. The highest BCUT2D eigenvalue weighted by molar-refractivity contribution is 8.00. The highest BCUT2D eigenvalue weighted by Crippen LogP contribution is 2.38. The fourth-order valence-corrected chi connectivity index (χ4v) is 6.14. The van der Waals surface area contributed by atoms with Crippen molar-refractivity contribution < 1.29 is 23.9 Å². The van der Waals surface area contributed by atoms with E-state index in [1.807, 2.05) is 36.4 Å². The van der Waals surface area contributed by atoms with E-state index in [0.29, 0.717) is 22.0 Å². The molecule has 0 fully saturated rings. The number of thiophene rings is 1. The van der Waals surface area contributed by atoms with Crippen molar-refractivity contribution in [3.8, 4) is 5.75 Å². The highest BCUT2D eigenvalue weighted by atomic mass is 32.2. The van der Waals surface area contributed by atoms with Crippen LogP contribution in [0.4, 0.5) is 10.7 Å². The van der Waals surface area contributed by atoms with Crippen molar-refractivity contribution in [2.75, 3.05) is 29.6 Å². The number of nitrogens with one attached hydrogen (secondary N) is 2. The molecule has 3 aromatic rings. The van der Waals surface area contributed by atoms with Gasteiger partial charge in [0.05, 0.1) is 17.9 Å². The summed E-state index contributed by atoms with van der Waals surface area (Å²) in [6.07, 6.45) is 5.02. The van der Waals surface area contributed by atoms with Gasteiger partial charge in [0.2, 0.25) is 5.91 Å². The summed E-state index contributed by atoms with van der Waals surface area (Å²) in [7, 11) is 0. The van der Waals surface area contributed by atoms with Crippen molar-refractivity contribution in [2.24, 2.45) is 0 Å². The van der Waals surface area contributed by atoms with Gasteiger partial charge in [0.15, 0.2) is 6.61 Å². The SMILES string of the molecule is CCOC(=O)c1c(NC(=O)CSc2cccc(NC(=O)COc3ccccc3)c2)sc2c1CCCCC2. The summed E-state index contributed by atoms with van der Waals surface area (Å²) >= 11 is 2.85. The van der Waals surface area contributed by atoms with Gasteiger partial charge in [-0.2, -0.15) is 0 Å². The number of aryl methyl sites for hydroxylation is 1. The largest absolute Gasteiger partial charge is 0.484 e. The van der Waals surface area contributed by atoms with Gasteiger partial charge in [-0.1, -0.05) is 30.7 Å². The van der Waals surface area contributed by atoms with Crippen molar-refractivity contribution in [3.05, 3.63) is 70.6 Å². The molecule has 0 atom stereocenters. The van der Waals surface area contributed by atoms with Gasteiger partial charge in [0.25, 0.3) is 5.91 Å². The zero-order chi connectivity index (χ0) is 26.0. The quantitative estimate of drug-likeness (QED) is 0.188. The van der Waals surface area contributed by atoms with E-state index in [0.717, 1.165) is 42.6 Å². The lowest BCUT2D eigenvalue weighted by molar-refractivity contribution is -0.118. The second kappa shape index (κ2) is 13.3. The monoisotopic (exact) mass is 538 g/mol. The molecule has 1 heterocycles. The molecule has 1 aliphatic carbocycles. The van der Waals surface area contributed by atoms with E-state index < -0.39 is 0 Å². The van der Waals surface area contributed by atoms with E-state index >= 15 is 0 Å². The predicted molar refractivity (Wildman–Crippen MR) is 148 cm³/mol. The molecule has 0 saturated heterocycles. The number of carbonyl (C=O) groups is 3. The van der Waals surface area contributed by atoms with E-state index in [4.69, 9.17) is 9.47 Å². The van der Waals surface area contributed by atoms with Crippen LogP contribution in [0, 0.1) is 0 Å². The molecule has 1 aliphatic rings. The van der Waals surface area contributed by atoms with Crippen molar-refractivity contribution in [3.63, 3.8) is 0 Å². The second-order valence-corrected chi connectivity index (χ2v) is 10.7. The van der Waals surface area contributed by atoms with Crippen molar-refractivity contribution in [2.45, 2.75) is 43.9 Å². The molecule has 2 amide bonds. The maximum atomic E-state index is 12.8. The Kier molecular flexibility index (Phi) is 9.62. The van der Waals surface area contributed by atoms with Gasteiger partial charge >= 0.3 is 5.97 Å². The van der Waals surface area contributed by atoms with Crippen molar-refractivity contribution in [1.29, 1.82) is 0 Å². The minimum Gasteiger partial charge on any atom is -0.484 e. The molecule has 7 nitrogen and oxygen atoms in total. The Balaban J connectivity index is 1.34. The maximum absolute atomic E-state index is 12.8. The normalized spacial score (nSPS) is 12.7. The average molecular weight is 539 g/mol. The Labute approximate surface area is 224 Å². The van der Waals surface area contributed by atoms with Crippen LogP contribution in [0.5, 0.6) is 5.75 Å². The zero-order valence-electron chi connectivity index (χ0n) is 20.7. The van der Waals surface area contributed by atoms with Gasteiger partial charge in [-0.05, 0) is 68.5 Å². The highest BCUT2D eigenvalue weighted by Gasteiger charge is 2.26. The molecule has 0 aliphatic heterocycles. The fourth-order valence-electron chi connectivity index (χ4n) is 4.09. The number of benzene rings is 2. The standard InChI is InChI=1S/C28H30N2O5S2/c1-2-34-28(33)26-22-14-7-4-8-15-23(22)37-27(26)30-25(32)18-36-21-13-9-10-19(16-21)29-24(31)17-35-20-11-5-3-6-12-20/h3,5-6,9-13,16H,2,4,7-8,14-15,17-18H2,1H3,(H,29,31)(H,30,32). The van der Waals surface area contributed by atoms with Gasteiger partial charge in [-0.25, -0.2) is 4.79 Å². The summed E-state index contributed by atoms with van der Waals surface area (Å²) < 4.78 is 10.8.